The summed E-state index contributed by atoms with van der Waals surface area (Å²) >= 11 is 1.29. The molecule has 0 radical (unpaired) electrons. The third kappa shape index (κ3) is 3.80. The maximum Gasteiger partial charge on any atom is 0.290 e. The molecule has 0 saturated carbocycles. The SMILES string of the molecule is CCOc1ccc([C@H]2C(C(=O)c3cccs3)=C(O)C(=O)N2C[C@H]2CCCO2)cc1. The van der Waals surface area contributed by atoms with E-state index in [1.54, 1.807) is 22.4 Å². The lowest BCUT2D eigenvalue weighted by Gasteiger charge is -2.29. The lowest BCUT2D eigenvalue weighted by Crippen LogP contribution is -2.37. The molecule has 2 aliphatic heterocycles. The van der Waals surface area contributed by atoms with Gasteiger partial charge in [0, 0.05) is 13.2 Å². The smallest absolute Gasteiger partial charge is 0.290 e. The number of hydrogen-bond donors (Lipinski definition) is 1. The van der Waals surface area contributed by atoms with Crippen molar-refractivity contribution in [2.75, 3.05) is 19.8 Å². The first kappa shape index (κ1) is 19.7. The highest BCUT2D eigenvalue weighted by atomic mass is 32.1. The number of amides is 1. The van der Waals surface area contributed by atoms with E-state index in [-0.39, 0.29) is 17.5 Å². The maximum atomic E-state index is 13.2. The minimum atomic E-state index is -0.656. The molecular formula is C22H23NO5S. The van der Waals surface area contributed by atoms with Crippen LogP contribution in [0.25, 0.3) is 0 Å². The minimum Gasteiger partial charge on any atom is -0.503 e. The molecular weight excluding hydrogens is 390 g/mol. The number of nitrogens with zero attached hydrogens (tertiary/aromatic N) is 1. The summed E-state index contributed by atoms with van der Waals surface area (Å²) in [5.74, 6) is -0.607. The van der Waals surface area contributed by atoms with Gasteiger partial charge < -0.3 is 19.5 Å². The van der Waals surface area contributed by atoms with Crippen molar-refractivity contribution in [1.29, 1.82) is 0 Å². The number of aliphatic hydroxyl groups excluding tert-OH is 1. The first-order valence-electron chi connectivity index (χ1n) is 9.76. The number of benzene rings is 1. The second kappa shape index (κ2) is 8.39. The van der Waals surface area contributed by atoms with E-state index in [0.717, 1.165) is 18.4 Å². The molecule has 1 fully saturated rings. The number of ketones is 1. The lowest BCUT2D eigenvalue weighted by atomic mass is 9.95. The monoisotopic (exact) mass is 413 g/mol. The van der Waals surface area contributed by atoms with Crippen LogP contribution in [-0.4, -0.2) is 47.6 Å². The van der Waals surface area contributed by atoms with Crippen molar-refractivity contribution in [2.45, 2.75) is 31.9 Å². The van der Waals surface area contributed by atoms with Crippen LogP contribution in [0.1, 0.15) is 41.0 Å². The van der Waals surface area contributed by atoms with Crippen molar-refractivity contribution in [2.24, 2.45) is 0 Å². The van der Waals surface area contributed by atoms with Gasteiger partial charge >= 0.3 is 0 Å². The predicted molar refractivity (Wildman–Crippen MR) is 109 cm³/mol. The van der Waals surface area contributed by atoms with Gasteiger partial charge in [0.15, 0.2) is 5.76 Å². The fourth-order valence-corrected chi connectivity index (χ4v) is 4.56. The summed E-state index contributed by atoms with van der Waals surface area (Å²) < 4.78 is 11.2. The molecule has 0 aliphatic carbocycles. The van der Waals surface area contributed by atoms with Crippen LogP contribution in [0.3, 0.4) is 0 Å². The van der Waals surface area contributed by atoms with E-state index < -0.39 is 17.7 Å². The average Bonchev–Trinajstić information content (AvgIpc) is 3.47. The van der Waals surface area contributed by atoms with Crippen LogP contribution < -0.4 is 4.74 Å². The van der Waals surface area contributed by atoms with Gasteiger partial charge in [0.2, 0.25) is 5.78 Å². The van der Waals surface area contributed by atoms with Crippen molar-refractivity contribution >= 4 is 23.0 Å². The Balaban J connectivity index is 1.72. The van der Waals surface area contributed by atoms with Crippen molar-refractivity contribution < 1.29 is 24.2 Å². The Bertz CT molecular complexity index is 913. The molecule has 1 aromatic heterocycles. The van der Waals surface area contributed by atoms with E-state index in [2.05, 4.69) is 0 Å². The zero-order valence-electron chi connectivity index (χ0n) is 16.2. The fraction of sp³-hybridized carbons (Fsp3) is 0.364. The number of rotatable bonds is 7. The summed E-state index contributed by atoms with van der Waals surface area (Å²) in [5.41, 5.74) is 0.878. The van der Waals surface area contributed by atoms with Crippen molar-refractivity contribution in [3.05, 3.63) is 63.6 Å². The van der Waals surface area contributed by atoms with Gasteiger partial charge in [-0.25, -0.2) is 0 Å². The summed E-state index contributed by atoms with van der Waals surface area (Å²) in [6.07, 6.45) is 1.71. The number of aliphatic hydroxyl groups is 1. The summed E-state index contributed by atoms with van der Waals surface area (Å²) in [4.78, 5) is 28.1. The van der Waals surface area contributed by atoms with Gasteiger partial charge in [-0.15, -0.1) is 11.3 Å². The number of hydrogen-bond acceptors (Lipinski definition) is 6. The van der Waals surface area contributed by atoms with Crippen molar-refractivity contribution in [1.82, 2.24) is 4.90 Å². The van der Waals surface area contributed by atoms with Gasteiger partial charge in [0.1, 0.15) is 5.75 Å². The first-order chi connectivity index (χ1) is 14.1. The van der Waals surface area contributed by atoms with Gasteiger partial charge in [-0.2, -0.15) is 0 Å². The molecule has 6 nitrogen and oxygen atoms in total. The van der Waals surface area contributed by atoms with Crippen LogP contribution in [0.4, 0.5) is 0 Å². The molecule has 1 saturated heterocycles. The highest BCUT2D eigenvalue weighted by Gasteiger charge is 2.45. The fourth-order valence-electron chi connectivity index (χ4n) is 3.88. The summed E-state index contributed by atoms with van der Waals surface area (Å²) in [6, 6.07) is 10.1. The number of carbonyl (C=O) groups is 2. The van der Waals surface area contributed by atoms with Gasteiger partial charge in [-0.1, -0.05) is 18.2 Å². The zero-order valence-corrected chi connectivity index (χ0v) is 17.0. The Morgan fingerprint density at radius 3 is 2.72 bits per heavy atom. The molecule has 7 heteroatoms. The topological polar surface area (TPSA) is 76.1 Å². The van der Waals surface area contributed by atoms with E-state index in [1.807, 2.05) is 31.2 Å². The van der Waals surface area contributed by atoms with Gasteiger partial charge in [0.05, 0.1) is 29.2 Å². The molecule has 29 heavy (non-hydrogen) atoms. The number of thiophene rings is 1. The molecule has 2 aliphatic rings. The normalized spacial score (nSPS) is 21.8. The Hall–Kier alpha value is -2.64. The Labute approximate surface area is 173 Å². The molecule has 152 valence electrons. The second-order valence-corrected chi connectivity index (χ2v) is 8.01. The molecule has 4 rings (SSSR count). The molecule has 2 aromatic rings. The summed E-state index contributed by atoms with van der Waals surface area (Å²) in [6.45, 7) is 3.46. The van der Waals surface area contributed by atoms with Crippen LogP contribution in [0.15, 0.2) is 53.1 Å². The third-order valence-electron chi connectivity index (χ3n) is 5.22. The molecule has 2 atom stereocenters. The van der Waals surface area contributed by atoms with Crippen LogP contribution in [0, 0.1) is 0 Å². The Morgan fingerprint density at radius 2 is 2.10 bits per heavy atom. The van der Waals surface area contributed by atoms with E-state index >= 15 is 0 Å². The average molecular weight is 413 g/mol. The standard InChI is InChI=1S/C22H23NO5S/c1-2-27-15-9-7-14(8-10-15)19-18(20(24)17-6-4-12-29-17)21(25)22(26)23(19)13-16-5-3-11-28-16/h4,6-10,12,16,19,25H,2-3,5,11,13H2,1H3/t16-,19+/m1/s1. The van der Waals surface area contributed by atoms with Crippen LogP contribution in [0.5, 0.6) is 5.75 Å². The van der Waals surface area contributed by atoms with Gasteiger partial charge in [-0.05, 0) is 48.9 Å². The predicted octanol–water partition coefficient (Wildman–Crippen LogP) is 3.90. The molecule has 1 N–H and O–H groups in total. The molecule has 1 aromatic carbocycles. The molecule has 3 heterocycles. The minimum absolute atomic E-state index is 0.0897. The molecule has 0 bridgehead atoms. The largest absolute Gasteiger partial charge is 0.503 e. The summed E-state index contributed by atoms with van der Waals surface area (Å²) in [5, 5.41) is 12.5. The third-order valence-corrected chi connectivity index (χ3v) is 6.09. The molecule has 1 amide bonds. The highest BCUT2D eigenvalue weighted by molar-refractivity contribution is 7.12. The van der Waals surface area contributed by atoms with E-state index in [9.17, 15) is 14.7 Å². The van der Waals surface area contributed by atoms with E-state index in [1.165, 1.54) is 11.3 Å². The first-order valence-corrected chi connectivity index (χ1v) is 10.6. The Morgan fingerprint density at radius 1 is 1.31 bits per heavy atom. The number of carbonyl (C=O) groups excluding carboxylic acids is 2. The van der Waals surface area contributed by atoms with E-state index in [4.69, 9.17) is 9.47 Å². The van der Waals surface area contributed by atoms with Crippen LogP contribution in [-0.2, 0) is 9.53 Å². The summed E-state index contributed by atoms with van der Waals surface area (Å²) in [7, 11) is 0. The van der Waals surface area contributed by atoms with Gasteiger partial charge in [-0.3, -0.25) is 9.59 Å². The van der Waals surface area contributed by atoms with Crippen molar-refractivity contribution in [3.63, 3.8) is 0 Å². The van der Waals surface area contributed by atoms with Gasteiger partial charge in [0.25, 0.3) is 5.91 Å². The maximum absolute atomic E-state index is 13.2. The lowest BCUT2D eigenvalue weighted by molar-refractivity contribution is -0.131. The highest BCUT2D eigenvalue weighted by Crippen LogP contribution is 2.40. The van der Waals surface area contributed by atoms with E-state index in [0.29, 0.717) is 30.4 Å². The van der Waals surface area contributed by atoms with Crippen LogP contribution >= 0.6 is 11.3 Å². The zero-order chi connectivity index (χ0) is 20.4. The quantitative estimate of drug-likeness (QED) is 0.697. The number of Topliss-reactive ketones (excluding diaryl/α,β-unsaturated/α-hetero) is 1. The molecule has 0 spiro atoms. The second-order valence-electron chi connectivity index (χ2n) is 7.07. The number of ether oxygens (including phenoxy) is 2. The molecule has 0 unspecified atom stereocenters. The van der Waals surface area contributed by atoms with Crippen molar-refractivity contribution in [3.8, 4) is 5.75 Å². The Kier molecular flexibility index (Phi) is 5.69. The van der Waals surface area contributed by atoms with Crippen LogP contribution in [0.2, 0.25) is 0 Å².